The van der Waals surface area contributed by atoms with E-state index in [0.29, 0.717) is 18.8 Å². The number of ether oxygens (including phenoxy) is 3. The zero-order valence-corrected chi connectivity index (χ0v) is 21.6. The fourth-order valence-corrected chi connectivity index (χ4v) is 6.50. The molecule has 4 aliphatic rings. The van der Waals surface area contributed by atoms with E-state index in [0.717, 1.165) is 12.0 Å². The Bertz CT molecular complexity index is 892. The van der Waals surface area contributed by atoms with Crippen LogP contribution in [0.25, 0.3) is 0 Å². The van der Waals surface area contributed by atoms with Crippen molar-refractivity contribution in [1.29, 1.82) is 0 Å². The summed E-state index contributed by atoms with van der Waals surface area (Å²) >= 11 is 0. The number of nitrogens with one attached hydrogen (secondary N) is 1. The Morgan fingerprint density at radius 2 is 1.88 bits per heavy atom. The van der Waals surface area contributed by atoms with Gasteiger partial charge in [0, 0.05) is 17.9 Å². The standard InChI is InChI=1S/C27H41NO6/c1-14(2)10-19-23-17(5)16(4)12-18-11-15(3)8-9-20(29)24-21(32-26(6,7)34-24)13-22(30)33-27(18,23)25(31)28-19/h11-12,14,17-21,23-24,29H,8-10,13H2,1-7H3,(H,28,31)/b15-11-/t17-,18+,19-,20-,21-,23+,24+,27-/m0/s1. The van der Waals surface area contributed by atoms with Gasteiger partial charge in [-0.15, -0.1) is 0 Å². The van der Waals surface area contributed by atoms with Crippen LogP contribution in [0.2, 0.25) is 0 Å². The highest BCUT2D eigenvalue weighted by molar-refractivity contribution is 5.92. The summed E-state index contributed by atoms with van der Waals surface area (Å²) in [5, 5.41) is 14.1. The molecule has 7 heteroatoms. The van der Waals surface area contributed by atoms with Crippen molar-refractivity contribution >= 4 is 11.9 Å². The third-order valence-corrected chi connectivity index (χ3v) is 8.07. The summed E-state index contributed by atoms with van der Waals surface area (Å²) in [6.07, 6.45) is 4.02. The molecule has 1 aliphatic carbocycles. The molecule has 0 aromatic rings. The first-order chi connectivity index (χ1) is 15.8. The predicted molar refractivity (Wildman–Crippen MR) is 128 cm³/mol. The molecule has 0 aromatic carbocycles. The number of hydrogen-bond acceptors (Lipinski definition) is 6. The number of aliphatic hydroxyl groups is 1. The highest BCUT2D eigenvalue weighted by Crippen LogP contribution is 2.51. The molecule has 2 N–H and O–H groups in total. The minimum absolute atomic E-state index is 0.0670. The van der Waals surface area contributed by atoms with Crippen molar-refractivity contribution in [2.75, 3.05) is 0 Å². The van der Waals surface area contributed by atoms with E-state index < -0.39 is 35.7 Å². The molecule has 7 nitrogen and oxygen atoms in total. The van der Waals surface area contributed by atoms with Gasteiger partial charge in [0.15, 0.2) is 5.79 Å². The summed E-state index contributed by atoms with van der Waals surface area (Å²) in [4.78, 5) is 27.2. The summed E-state index contributed by atoms with van der Waals surface area (Å²) in [5.41, 5.74) is 0.962. The monoisotopic (exact) mass is 475 g/mol. The largest absolute Gasteiger partial charge is 0.447 e. The number of amides is 1. The van der Waals surface area contributed by atoms with Gasteiger partial charge in [-0.3, -0.25) is 9.59 Å². The molecule has 1 spiro atoms. The van der Waals surface area contributed by atoms with Crippen LogP contribution in [-0.4, -0.2) is 52.7 Å². The van der Waals surface area contributed by atoms with Crippen molar-refractivity contribution in [3.05, 3.63) is 23.3 Å². The molecule has 3 heterocycles. The summed E-state index contributed by atoms with van der Waals surface area (Å²) in [5.74, 6) is -1.65. The first kappa shape index (κ1) is 25.4. The van der Waals surface area contributed by atoms with E-state index in [9.17, 15) is 14.7 Å². The van der Waals surface area contributed by atoms with Gasteiger partial charge in [0.1, 0.15) is 12.2 Å². The van der Waals surface area contributed by atoms with Crippen LogP contribution < -0.4 is 5.32 Å². The second kappa shape index (κ2) is 9.07. The zero-order chi connectivity index (χ0) is 25.0. The molecule has 0 saturated carbocycles. The van der Waals surface area contributed by atoms with Crippen LogP contribution in [0.5, 0.6) is 0 Å². The molecule has 2 fully saturated rings. The Hall–Kier alpha value is -1.70. The molecule has 0 aromatic heterocycles. The minimum Gasteiger partial charge on any atom is -0.447 e. The lowest BCUT2D eigenvalue weighted by molar-refractivity contribution is -0.180. The maximum absolute atomic E-state index is 13.7. The number of fused-ring (bicyclic) bond motifs is 1. The van der Waals surface area contributed by atoms with Crippen LogP contribution in [0.1, 0.15) is 74.1 Å². The van der Waals surface area contributed by atoms with E-state index in [-0.39, 0.29) is 36.1 Å². The number of esters is 1. The molecule has 2 saturated heterocycles. The van der Waals surface area contributed by atoms with Crippen molar-refractivity contribution in [2.45, 2.75) is 110 Å². The Kier molecular flexibility index (Phi) is 6.77. The van der Waals surface area contributed by atoms with E-state index >= 15 is 0 Å². The summed E-state index contributed by atoms with van der Waals surface area (Å²) in [7, 11) is 0. The molecule has 190 valence electrons. The SMILES string of the molecule is CC1=C[C@H]2/C=C(/C)CC[C@H](O)[C@H]3OC(C)(C)O[C@H]3CC(=O)O[C@@]23C(=O)N[C@@H](CC(C)C)[C@H]3[C@H]1C. The molecule has 0 bridgehead atoms. The third-order valence-electron chi connectivity index (χ3n) is 8.07. The van der Waals surface area contributed by atoms with E-state index in [1.165, 1.54) is 5.57 Å². The Balaban J connectivity index is 1.78. The number of rotatable bonds is 2. The van der Waals surface area contributed by atoms with Gasteiger partial charge in [-0.1, -0.05) is 44.1 Å². The Morgan fingerprint density at radius 1 is 1.18 bits per heavy atom. The van der Waals surface area contributed by atoms with E-state index in [2.05, 4.69) is 45.2 Å². The molecule has 4 rings (SSSR count). The number of aliphatic hydroxyl groups excluding tert-OH is 1. The van der Waals surface area contributed by atoms with Crippen LogP contribution in [0.3, 0.4) is 0 Å². The van der Waals surface area contributed by atoms with Gasteiger partial charge < -0.3 is 24.6 Å². The molecule has 3 aliphatic heterocycles. The molecule has 0 unspecified atom stereocenters. The maximum atomic E-state index is 13.7. The summed E-state index contributed by atoms with van der Waals surface area (Å²) in [6, 6.07) is -0.0670. The summed E-state index contributed by atoms with van der Waals surface area (Å²) in [6.45, 7) is 14.1. The molecular weight excluding hydrogens is 434 g/mol. The van der Waals surface area contributed by atoms with Gasteiger partial charge in [-0.25, -0.2) is 0 Å². The lowest BCUT2D eigenvalue weighted by Gasteiger charge is -2.45. The van der Waals surface area contributed by atoms with Crippen molar-refractivity contribution in [3.8, 4) is 0 Å². The highest BCUT2D eigenvalue weighted by atomic mass is 16.8. The smallest absolute Gasteiger partial charge is 0.309 e. The molecular formula is C27H41NO6. The van der Waals surface area contributed by atoms with Crippen LogP contribution in [-0.2, 0) is 23.8 Å². The van der Waals surface area contributed by atoms with Crippen LogP contribution in [0.4, 0.5) is 0 Å². The highest BCUT2D eigenvalue weighted by Gasteiger charge is 2.64. The van der Waals surface area contributed by atoms with Gasteiger partial charge >= 0.3 is 5.97 Å². The summed E-state index contributed by atoms with van der Waals surface area (Å²) < 4.78 is 18.3. The normalized spacial score (nSPS) is 43.9. The first-order valence-electron chi connectivity index (χ1n) is 12.8. The van der Waals surface area contributed by atoms with Gasteiger partial charge in [0.2, 0.25) is 5.60 Å². The topological polar surface area (TPSA) is 94.1 Å². The molecule has 34 heavy (non-hydrogen) atoms. The number of carbonyl (C=O) groups is 2. The lowest BCUT2D eigenvalue weighted by atomic mass is 9.63. The average molecular weight is 476 g/mol. The maximum Gasteiger partial charge on any atom is 0.309 e. The first-order valence-corrected chi connectivity index (χ1v) is 12.8. The quantitative estimate of drug-likeness (QED) is 0.468. The Labute approximate surface area is 203 Å². The zero-order valence-electron chi connectivity index (χ0n) is 21.6. The third kappa shape index (κ3) is 4.47. The molecule has 0 radical (unpaired) electrons. The van der Waals surface area contributed by atoms with Gasteiger partial charge in [-0.2, -0.15) is 0 Å². The molecule has 1 amide bonds. The molecule has 8 atom stereocenters. The fourth-order valence-electron chi connectivity index (χ4n) is 6.50. The van der Waals surface area contributed by atoms with Crippen molar-refractivity contribution < 1.29 is 28.9 Å². The predicted octanol–water partition coefficient (Wildman–Crippen LogP) is 3.65. The van der Waals surface area contributed by atoms with Gasteiger partial charge in [0.25, 0.3) is 5.91 Å². The average Bonchev–Trinajstić information content (AvgIpc) is 3.16. The minimum atomic E-state index is -1.29. The van der Waals surface area contributed by atoms with Crippen LogP contribution >= 0.6 is 0 Å². The number of carbonyl (C=O) groups excluding carboxylic acids is 2. The second-order valence-electron chi connectivity index (χ2n) is 11.7. The Morgan fingerprint density at radius 3 is 2.56 bits per heavy atom. The van der Waals surface area contributed by atoms with E-state index in [1.807, 2.05) is 6.92 Å². The van der Waals surface area contributed by atoms with Crippen molar-refractivity contribution in [3.63, 3.8) is 0 Å². The van der Waals surface area contributed by atoms with Crippen LogP contribution in [0, 0.1) is 23.7 Å². The number of allylic oxidation sites excluding steroid dienone is 2. The van der Waals surface area contributed by atoms with Gasteiger partial charge in [0.05, 0.1) is 12.5 Å². The van der Waals surface area contributed by atoms with Crippen molar-refractivity contribution in [2.24, 2.45) is 23.7 Å². The number of hydrogen-bond donors (Lipinski definition) is 2. The van der Waals surface area contributed by atoms with E-state index in [1.54, 1.807) is 13.8 Å². The van der Waals surface area contributed by atoms with Gasteiger partial charge in [-0.05, 0) is 58.8 Å². The fraction of sp³-hybridized carbons (Fsp3) is 0.778. The lowest BCUT2D eigenvalue weighted by Crippen LogP contribution is -2.56. The second-order valence-corrected chi connectivity index (χ2v) is 11.7. The van der Waals surface area contributed by atoms with Crippen LogP contribution in [0.15, 0.2) is 23.3 Å². The van der Waals surface area contributed by atoms with E-state index in [4.69, 9.17) is 14.2 Å². The van der Waals surface area contributed by atoms with Crippen molar-refractivity contribution in [1.82, 2.24) is 5.32 Å².